The van der Waals surface area contributed by atoms with Gasteiger partial charge in [0.1, 0.15) is 5.82 Å². The smallest absolute Gasteiger partial charge is 0.224 e. The molecule has 0 atom stereocenters. The third kappa shape index (κ3) is 4.40. The summed E-state index contributed by atoms with van der Waals surface area (Å²) >= 11 is 7.84. The highest BCUT2D eigenvalue weighted by molar-refractivity contribution is 7.88. The van der Waals surface area contributed by atoms with E-state index in [0.29, 0.717) is 39.4 Å². The van der Waals surface area contributed by atoms with E-state index in [-0.39, 0.29) is 5.28 Å². The maximum absolute atomic E-state index is 11.7. The summed E-state index contributed by atoms with van der Waals surface area (Å²) in [5, 5.41) is 0.241. The molecule has 5 rings (SSSR count). The number of rotatable bonds is 4. The number of thiophene rings is 1. The number of piperazine rings is 1. The molecule has 0 aromatic carbocycles. The second-order valence-corrected chi connectivity index (χ2v) is 11.2. The monoisotopic (exact) mass is 494 g/mol. The first-order chi connectivity index (χ1) is 15.4. The standard InChI is InChI=1S/C20H23ClN6O3S2/c1-32(28,29)27-6-4-25(5-7-27)17-3-2-14(13-22-17)16-12-15-18(31-16)19(24-20(21)23-15)26-8-10-30-11-9-26/h2-3,12-13H,4-11H2,1H3. The summed E-state index contributed by atoms with van der Waals surface area (Å²) in [6.07, 6.45) is 3.11. The van der Waals surface area contributed by atoms with Gasteiger partial charge in [-0.25, -0.2) is 18.4 Å². The van der Waals surface area contributed by atoms with Crippen molar-refractivity contribution in [3.63, 3.8) is 0 Å². The number of anilines is 2. The molecule has 3 aromatic heterocycles. The summed E-state index contributed by atoms with van der Waals surface area (Å²) in [5.74, 6) is 1.70. The van der Waals surface area contributed by atoms with Gasteiger partial charge in [0.2, 0.25) is 15.3 Å². The number of hydrogen-bond donors (Lipinski definition) is 0. The number of pyridine rings is 1. The molecule has 32 heavy (non-hydrogen) atoms. The minimum absolute atomic E-state index is 0.241. The van der Waals surface area contributed by atoms with Crippen LogP contribution in [0.5, 0.6) is 0 Å². The largest absolute Gasteiger partial charge is 0.378 e. The van der Waals surface area contributed by atoms with E-state index in [4.69, 9.17) is 16.3 Å². The second kappa shape index (κ2) is 8.71. The van der Waals surface area contributed by atoms with Crippen molar-refractivity contribution in [3.05, 3.63) is 29.7 Å². The normalized spacial score (nSPS) is 18.4. The van der Waals surface area contributed by atoms with Crippen molar-refractivity contribution in [3.8, 4) is 10.4 Å². The molecular formula is C20H23ClN6O3S2. The molecule has 0 amide bonds. The highest BCUT2D eigenvalue weighted by atomic mass is 35.5. The molecule has 2 aliphatic rings. The van der Waals surface area contributed by atoms with Gasteiger partial charge in [-0.3, -0.25) is 0 Å². The Labute approximate surface area is 195 Å². The Bertz CT molecular complexity index is 1220. The molecular weight excluding hydrogens is 472 g/mol. The predicted octanol–water partition coefficient (Wildman–Crippen LogP) is 2.32. The van der Waals surface area contributed by atoms with Crippen molar-refractivity contribution in [1.82, 2.24) is 19.3 Å². The molecule has 12 heteroatoms. The van der Waals surface area contributed by atoms with Crippen LogP contribution in [-0.2, 0) is 14.8 Å². The lowest BCUT2D eigenvalue weighted by Gasteiger charge is -2.33. The van der Waals surface area contributed by atoms with Crippen LogP contribution in [0, 0.1) is 0 Å². The van der Waals surface area contributed by atoms with E-state index in [1.165, 1.54) is 10.6 Å². The maximum Gasteiger partial charge on any atom is 0.224 e. The first-order valence-corrected chi connectivity index (χ1v) is 13.4. The summed E-state index contributed by atoms with van der Waals surface area (Å²) in [6, 6.07) is 6.05. The fraction of sp³-hybridized carbons (Fsp3) is 0.450. The van der Waals surface area contributed by atoms with Gasteiger partial charge in [-0.15, -0.1) is 11.3 Å². The average Bonchev–Trinajstić information content (AvgIpc) is 3.23. The van der Waals surface area contributed by atoms with Gasteiger partial charge in [-0.2, -0.15) is 9.29 Å². The Morgan fingerprint density at radius 2 is 1.78 bits per heavy atom. The van der Waals surface area contributed by atoms with Crippen molar-refractivity contribution in [1.29, 1.82) is 0 Å². The summed E-state index contributed by atoms with van der Waals surface area (Å²) in [4.78, 5) is 18.9. The second-order valence-electron chi connectivity index (χ2n) is 7.79. The van der Waals surface area contributed by atoms with Gasteiger partial charge >= 0.3 is 0 Å². The van der Waals surface area contributed by atoms with Crippen LogP contribution in [-0.4, -0.2) is 86.4 Å². The predicted molar refractivity (Wildman–Crippen MR) is 127 cm³/mol. The molecule has 5 heterocycles. The first-order valence-electron chi connectivity index (χ1n) is 10.3. The number of hydrogen-bond acceptors (Lipinski definition) is 9. The van der Waals surface area contributed by atoms with Gasteiger partial charge in [-0.05, 0) is 29.8 Å². The molecule has 0 bridgehead atoms. The van der Waals surface area contributed by atoms with Crippen LogP contribution in [0.25, 0.3) is 20.7 Å². The summed E-state index contributed by atoms with van der Waals surface area (Å²) in [6.45, 7) is 5.09. The lowest BCUT2D eigenvalue weighted by molar-refractivity contribution is 0.122. The Morgan fingerprint density at radius 1 is 1.03 bits per heavy atom. The topological polar surface area (TPSA) is 91.8 Å². The molecule has 170 valence electrons. The molecule has 0 saturated carbocycles. The number of sulfonamides is 1. The van der Waals surface area contributed by atoms with Crippen molar-refractivity contribution in [2.75, 3.05) is 68.5 Å². The van der Waals surface area contributed by atoms with Gasteiger partial charge in [0.25, 0.3) is 0 Å². The van der Waals surface area contributed by atoms with E-state index >= 15 is 0 Å². The quantitative estimate of drug-likeness (QED) is 0.510. The van der Waals surface area contributed by atoms with Gasteiger partial charge in [-0.1, -0.05) is 0 Å². The Balaban J connectivity index is 1.38. The molecule has 2 fully saturated rings. The van der Waals surface area contributed by atoms with Crippen LogP contribution in [0.3, 0.4) is 0 Å². The zero-order valence-corrected chi connectivity index (χ0v) is 20.0. The van der Waals surface area contributed by atoms with Gasteiger partial charge < -0.3 is 14.5 Å². The molecule has 0 unspecified atom stereocenters. The molecule has 2 saturated heterocycles. The number of halogens is 1. The van der Waals surface area contributed by atoms with E-state index in [9.17, 15) is 8.42 Å². The summed E-state index contributed by atoms with van der Waals surface area (Å²) in [5.41, 5.74) is 1.82. The van der Waals surface area contributed by atoms with Crippen LogP contribution in [0.1, 0.15) is 0 Å². The highest BCUT2D eigenvalue weighted by Gasteiger charge is 2.24. The number of ether oxygens (including phenoxy) is 1. The molecule has 0 spiro atoms. The number of morpholine rings is 1. The Hall–Kier alpha value is -2.05. The van der Waals surface area contributed by atoms with E-state index in [2.05, 4.69) is 24.8 Å². The van der Waals surface area contributed by atoms with E-state index in [1.54, 1.807) is 11.3 Å². The van der Waals surface area contributed by atoms with Crippen LogP contribution >= 0.6 is 22.9 Å². The fourth-order valence-electron chi connectivity index (χ4n) is 3.99. The van der Waals surface area contributed by atoms with Crippen LogP contribution in [0.4, 0.5) is 11.6 Å². The molecule has 9 nitrogen and oxygen atoms in total. The summed E-state index contributed by atoms with van der Waals surface area (Å²) in [7, 11) is -3.15. The van der Waals surface area contributed by atoms with Crippen LogP contribution < -0.4 is 9.80 Å². The lowest BCUT2D eigenvalue weighted by Crippen LogP contribution is -2.48. The number of fused-ring (bicyclic) bond motifs is 1. The Morgan fingerprint density at radius 3 is 2.44 bits per heavy atom. The molecule has 3 aromatic rings. The summed E-state index contributed by atoms with van der Waals surface area (Å²) < 4.78 is 31.4. The minimum Gasteiger partial charge on any atom is -0.378 e. The maximum atomic E-state index is 11.7. The van der Waals surface area contributed by atoms with Crippen LogP contribution in [0.2, 0.25) is 5.28 Å². The SMILES string of the molecule is CS(=O)(=O)N1CCN(c2ccc(-c3cc4nc(Cl)nc(N5CCOCC5)c4s3)cn2)CC1. The van der Waals surface area contributed by atoms with E-state index < -0.39 is 10.0 Å². The van der Waals surface area contributed by atoms with E-state index in [0.717, 1.165) is 45.4 Å². The first kappa shape index (κ1) is 21.8. The van der Waals surface area contributed by atoms with E-state index in [1.807, 2.05) is 24.4 Å². The number of aromatic nitrogens is 3. The van der Waals surface area contributed by atoms with Crippen LogP contribution in [0.15, 0.2) is 24.4 Å². The molecule has 0 radical (unpaired) electrons. The highest BCUT2D eigenvalue weighted by Crippen LogP contribution is 2.38. The van der Waals surface area contributed by atoms with Gasteiger partial charge in [0.15, 0.2) is 5.82 Å². The fourth-order valence-corrected chi connectivity index (χ4v) is 6.09. The van der Waals surface area contributed by atoms with Crippen molar-refractivity contribution >= 4 is 54.8 Å². The lowest BCUT2D eigenvalue weighted by atomic mass is 10.2. The molecule has 2 aliphatic heterocycles. The molecule has 0 N–H and O–H groups in total. The molecule has 0 aliphatic carbocycles. The van der Waals surface area contributed by atoms with Crippen molar-refractivity contribution in [2.24, 2.45) is 0 Å². The zero-order valence-electron chi connectivity index (χ0n) is 17.6. The number of nitrogens with zero attached hydrogens (tertiary/aromatic N) is 6. The third-order valence-electron chi connectivity index (χ3n) is 5.70. The average molecular weight is 495 g/mol. The zero-order chi connectivity index (χ0) is 22.3. The third-order valence-corrected chi connectivity index (χ3v) is 8.34. The van der Waals surface area contributed by atoms with Gasteiger partial charge in [0, 0.05) is 55.9 Å². The minimum atomic E-state index is -3.15. The Kier molecular flexibility index (Phi) is 5.93. The van der Waals surface area contributed by atoms with Crippen molar-refractivity contribution in [2.45, 2.75) is 0 Å². The van der Waals surface area contributed by atoms with Gasteiger partial charge in [0.05, 0.1) is 29.7 Å². The van der Waals surface area contributed by atoms with Crippen molar-refractivity contribution < 1.29 is 13.2 Å².